The van der Waals surface area contributed by atoms with E-state index in [1.54, 1.807) is 6.20 Å². The molecule has 0 saturated heterocycles. The smallest absolute Gasteiger partial charge is 0.237 e. The van der Waals surface area contributed by atoms with Crippen molar-refractivity contribution in [3.63, 3.8) is 0 Å². The summed E-state index contributed by atoms with van der Waals surface area (Å²) in [5, 5.41) is 0.824. The minimum Gasteiger partial charge on any atom is -0.312 e. The monoisotopic (exact) mass is 365 g/mol. The fourth-order valence-electron chi connectivity index (χ4n) is 2.92. The lowest BCUT2D eigenvalue weighted by Crippen LogP contribution is -2.32. The molecule has 0 spiro atoms. The standard InChI is InChI=1S/C21H23N3OS/c1-4-23(19-11-6-5-9-17(19)3)20(25)15-26-21-22-12-13-24(21)18-10-7-8-16(2)14-18/h5-14H,4,15H2,1-3H3. The van der Waals surface area contributed by atoms with E-state index >= 15 is 0 Å². The van der Waals surface area contributed by atoms with Crippen LogP contribution in [0.15, 0.2) is 66.1 Å². The number of hydrogen-bond donors (Lipinski definition) is 0. The molecule has 0 aliphatic carbocycles. The molecule has 4 nitrogen and oxygen atoms in total. The van der Waals surface area contributed by atoms with Crippen molar-refractivity contribution in [2.24, 2.45) is 0 Å². The summed E-state index contributed by atoms with van der Waals surface area (Å²) in [5.41, 5.74) is 4.33. The summed E-state index contributed by atoms with van der Waals surface area (Å²) in [6.45, 7) is 6.75. The maximum absolute atomic E-state index is 12.8. The first kappa shape index (κ1) is 18.3. The lowest BCUT2D eigenvalue weighted by Gasteiger charge is -2.22. The number of hydrogen-bond acceptors (Lipinski definition) is 3. The molecule has 0 fully saturated rings. The molecule has 3 aromatic rings. The molecule has 0 unspecified atom stereocenters. The van der Waals surface area contributed by atoms with Crippen molar-refractivity contribution in [2.75, 3.05) is 17.2 Å². The highest BCUT2D eigenvalue weighted by molar-refractivity contribution is 7.99. The minimum absolute atomic E-state index is 0.0885. The van der Waals surface area contributed by atoms with Crippen LogP contribution in [-0.4, -0.2) is 27.8 Å². The molecule has 0 N–H and O–H groups in total. The minimum atomic E-state index is 0.0885. The van der Waals surface area contributed by atoms with Gasteiger partial charge in [0.15, 0.2) is 5.16 Å². The maximum Gasteiger partial charge on any atom is 0.237 e. The zero-order valence-electron chi connectivity index (χ0n) is 15.3. The van der Waals surface area contributed by atoms with E-state index in [1.165, 1.54) is 17.3 Å². The highest BCUT2D eigenvalue weighted by atomic mass is 32.2. The molecule has 26 heavy (non-hydrogen) atoms. The number of amides is 1. The van der Waals surface area contributed by atoms with E-state index in [4.69, 9.17) is 0 Å². The van der Waals surface area contributed by atoms with Crippen molar-refractivity contribution >= 4 is 23.4 Å². The summed E-state index contributed by atoms with van der Waals surface area (Å²) in [7, 11) is 0. The molecule has 0 aliphatic rings. The van der Waals surface area contributed by atoms with Crippen LogP contribution in [0.4, 0.5) is 5.69 Å². The third kappa shape index (κ3) is 3.99. The Bertz CT molecular complexity index is 904. The van der Waals surface area contributed by atoms with Crippen LogP contribution in [0.25, 0.3) is 5.69 Å². The quantitative estimate of drug-likeness (QED) is 0.598. The Labute approximate surface area is 158 Å². The molecule has 0 atom stereocenters. The van der Waals surface area contributed by atoms with Crippen molar-refractivity contribution in [1.82, 2.24) is 9.55 Å². The molecule has 5 heteroatoms. The van der Waals surface area contributed by atoms with Gasteiger partial charge in [0.05, 0.1) is 5.75 Å². The van der Waals surface area contributed by atoms with Gasteiger partial charge in [-0.2, -0.15) is 0 Å². The molecule has 0 radical (unpaired) electrons. The molecule has 1 amide bonds. The summed E-state index contributed by atoms with van der Waals surface area (Å²) < 4.78 is 2.02. The number of rotatable bonds is 6. The Hall–Kier alpha value is -2.53. The molecule has 1 heterocycles. The van der Waals surface area contributed by atoms with Crippen molar-refractivity contribution in [1.29, 1.82) is 0 Å². The molecule has 2 aromatic carbocycles. The number of nitrogens with zero attached hydrogens (tertiary/aromatic N) is 3. The fourth-order valence-corrected chi connectivity index (χ4v) is 3.77. The molecule has 1 aromatic heterocycles. The summed E-state index contributed by atoms with van der Waals surface area (Å²) in [4.78, 5) is 19.1. The van der Waals surface area contributed by atoms with Crippen molar-refractivity contribution in [3.8, 4) is 5.69 Å². The van der Waals surface area contributed by atoms with Crippen LogP contribution in [0.5, 0.6) is 0 Å². The molecular formula is C21H23N3OS. The highest BCUT2D eigenvalue weighted by Gasteiger charge is 2.17. The predicted octanol–water partition coefficient (Wildman–Crippen LogP) is 4.63. The normalized spacial score (nSPS) is 10.7. The molecule has 134 valence electrons. The zero-order chi connectivity index (χ0) is 18.5. The topological polar surface area (TPSA) is 38.1 Å². The number of aromatic nitrogens is 2. The van der Waals surface area contributed by atoms with E-state index in [0.717, 1.165) is 22.1 Å². The highest BCUT2D eigenvalue weighted by Crippen LogP contribution is 2.24. The first-order valence-corrected chi connectivity index (χ1v) is 9.68. The van der Waals surface area contributed by atoms with Gasteiger partial charge >= 0.3 is 0 Å². The Kier molecular flexibility index (Phi) is 5.78. The van der Waals surface area contributed by atoms with Gasteiger partial charge < -0.3 is 4.90 Å². The Morgan fingerprint density at radius 3 is 2.69 bits per heavy atom. The summed E-state index contributed by atoms with van der Waals surface area (Å²) in [6.07, 6.45) is 3.70. The van der Waals surface area contributed by atoms with Crippen LogP contribution in [0.3, 0.4) is 0 Å². The number of aryl methyl sites for hydroxylation is 2. The third-order valence-corrected chi connectivity index (χ3v) is 5.19. The van der Waals surface area contributed by atoms with Crippen LogP contribution in [0, 0.1) is 13.8 Å². The molecular weight excluding hydrogens is 342 g/mol. The first-order valence-electron chi connectivity index (χ1n) is 8.69. The zero-order valence-corrected chi connectivity index (χ0v) is 16.2. The first-order chi connectivity index (χ1) is 12.6. The van der Waals surface area contributed by atoms with E-state index in [2.05, 4.69) is 24.0 Å². The van der Waals surface area contributed by atoms with Gasteiger partial charge in [-0.05, 0) is 50.1 Å². The van der Waals surface area contributed by atoms with Crippen LogP contribution in [0.1, 0.15) is 18.1 Å². The van der Waals surface area contributed by atoms with Gasteiger partial charge in [0.2, 0.25) is 5.91 Å². The number of anilines is 1. The van der Waals surface area contributed by atoms with Crippen molar-refractivity contribution in [2.45, 2.75) is 25.9 Å². The average Bonchev–Trinajstić information content (AvgIpc) is 3.11. The number of benzene rings is 2. The van der Waals surface area contributed by atoms with Crippen LogP contribution < -0.4 is 4.90 Å². The van der Waals surface area contributed by atoms with Crippen LogP contribution in [0.2, 0.25) is 0 Å². The van der Waals surface area contributed by atoms with Gasteiger partial charge in [-0.25, -0.2) is 4.98 Å². The largest absolute Gasteiger partial charge is 0.312 e. The number of carbonyl (C=O) groups excluding carboxylic acids is 1. The Balaban J connectivity index is 1.74. The summed E-state index contributed by atoms with van der Waals surface area (Å²) in [6, 6.07) is 16.2. The second-order valence-corrected chi connectivity index (χ2v) is 7.07. The maximum atomic E-state index is 12.8. The van der Waals surface area contributed by atoms with Gasteiger partial charge in [-0.3, -0.25) is 9.36 Å². The second kappa shape index (κ2) is 8.23. The van der Waals surface area contributed by atoms with E-state index < -0.39 is 0 Å². The van der Waals surface area contributed by atoms with Crippen molar-refractivity contribution in [3.05, 3.63) is 72.1 Å². The fraction of sp³-hybridized carbons (Fsp3) is 0.238. The van der Waals surface area contributed by atoms with E-state index in [1.807, 2.05) is 65.9 Å². The Morgan fingerprint density at radius 2 is 1.96 bits per heavy atom. The number of thioether (sulfide) groups is 1. The molecule has 0 aliphatic heterocycles. The SMILES string of the molecule is CCN(C(=O)CSc1nccn1-c1cccc(C)c1)c1ccccc1C. The lowest BCUT2D eigenvalue weighted by molar-refractivity contribution is -0.116. The summed E-state index contributed by atoms with van der Waals surface area (Å²) >= 11 is 1.47. The predicted molar refractivity (Wildman–Crippen MR) is 108 cm³/mol. The molecule has 0 bridgehead atoms. The summed E-state index contributed by atoms with van der Waals surface area (Å²) in [5.74, 6) is 0.441. The van der Waals surface area contributed by atoms with Gasteiger partial charge in [0, 0.05) is 30.3 Å². The lowest BCUT2D eigenvalue weighted by atomic mass is 10.2. The van der Waals surface area contributed by atoms with Crippen LogP contribution >= 0.6 is 11.8 Å². The Morgan fingerprint density at radius 1 is 1.15 bits per heavy atom. The molecule has 3 rings (SSSR count). The van der Waals surface area contributed by atoms with Crippen LogP contribution in [-0.2, 0) is 4.79 Å². The van der Waals surface area contributed by atoms with Gasteiger partial charge in [-0.1, -0.05) is 42.1 Å². The molecule has 0 saturated carbocycles. The number of imidazole rings is 1. The second-order valence-electron chi connectivity index (χ2n) is 6.13. The number of carbonyl (C=O) groups is 1. The van der Waals surface area contributed by atoms with E-state index in [-0.39, 0.29) is 5.91 Å². The van der Waals surface area contributed by atoms with Crippen molar-refractivity contribution < 1.29 is 4.79 Å². The third-order valence-electron chi connectivity index (χ3n) is 4.23. The average molecular weight is 366 g/mol. The van der Waals surface area contributed by atoms with E-state index in [9.17, 15) is 4.79 Å². The van der Waals surface area contributed by atoms with Gasteiger partial charge in [0.25, 0.3) is 0 Å². The number of para-hydroxylation sites is 1. The van der Waals surface area contributed by atoms with Gasteiger partial charge in [0.1, 0.15) is 0 Å². The van der Waals surface area contributed by atoms with E-state index in [0.29, 0.717) is 12.3 Å². The van der Waals surface area contributed by atoms with Gasteiger partial charge in [-0.15, -0.1) is 0 Å².